The SMILES string of the molecule is CCc1cc(Br)c(C(C)CC)cc1O. The topological polar surface area (TPSA) is 20.2 Å². The quantitative estimate of drug-likeness (QED) is 0.859. The number of phenolic OH excluding ortho intramolecular Hbond substituents is 1. The zero-order valence-corrected chi connectivity index (χ0v) is 10.6. The summed E-state index contributed by atoms with van der Waals surface area (Å²) >= 11 is 3.55. The van der Waals surface area contributed by atoms with E-state index < -0.39 is 0 Å². The summed E-state index contributed by atoms with van der Waals surface area (Å²) in [5, 5.41) is 9.74. The Labute approximate surface area is 94.3 Å². The Bertz CT molecular complexity index is 320. The number of phenols is 1. The van der Waals surface area contributed by atoms with Crippen LogP contribution in [0.4, 0.5) is 0 Å². The fourth-order valence-corrected chi connectivity index (χ4v) is 2.28. The number of aromatic hydroxyl groups is 1. The van der Waals surface area contributed by atoms with E-state index in [1.54, 1.807) is 0 Å². The lowest BCUT2D eigenvalue weighted by atomic mass is 9.96. The Morgan fingerprint density at radius 2 is 2.00 bits per heavy atom. The second kappa shape index (κ2) is 4.83. The van der Waals surface area contributed by atoms with Crippen molar-refractivity contribution in [3.8, 4) is 5.75 Å². The smallest absolute Gasteiger partial charge is 0.119 e. The van der Waals surface area contributed by atoms with Gasteiger partial charge in [-0.15, -0.1) is 0 Å². The number of aryl methyl sites for hydroxylation is 1. The summed E-state index contributed by atoms with van der Waals surface area (Å²) in [4.78, 5) is 0. The van der Waals surface area contributed by atoms with Gasteiger partial charge in [-0.1, -0.05) is 36.7 Å². The predicted octanol–water partition coefficient (Wildman–Crippen LogP) is 4.23. The molecule has 1 rings (SSSR count). The van der Waals surface area contributed by atoms with Crippen LogP contribution in [0, 0.1) is 0 Å². The third-order valence-electron chi connectivity index (χ3n) is 2.72. The summed E-state index contributed by atoms with van der Waals surface area (Å²) in [6.45, 7) is 6.37. The molecule has 0 aromatic heterocycles. The van der Waals surface area contributed by atoms with Crippen molar-refractivity contribution in [2.75, 3.05) is 0 Å². The zero-order valence-electron chi connectivity index (χ0n) is 8.97. The molecule has 0 aliphatic rings. The van der Waals surface area contributed by atoms with Crippen molar-refractivity contribution in [1.82, 2.24) is 0 Å². The van der Waals surface area contributed by atoms with Gasteiger partial charge in [-0.3, -0.25) is 0 Å². The lowest BCUT2D eigenvalue weighted by molar-refractivity contribution is 0.467. The highest BCUT2D eigenvalue weighted by Gasteiger charge is 2.10. The number of rotatable bonds is 3. The Hall–Kier alpha value is -0.500. The highest BCUT2D eigenvalue weighted by molar-refractivity contribution is 9.10. The van der Waals surface area contributed by atoms with Crippen LogP contribution in [0.5, 0.6) is 5.75 Å². The van der Waals surface area contributed by atoms with Gasteiger partial charge in [0.2, 0.25) is 0 Å². The molecule has 0 spiro atoms. The van der Waals surface area contributed by atoms with Crippen molar-refractivity contribution in [1.29, 1.82) is 0 Å². The molecule has 14 heavy (non-hydrogen) atoms. The number of hydrogen-bond acceptors (Lipinski definition) is 1. The molecular formula is C12H17BrO. The average molecular weight is 257 g/mol. The monoisotopic (exact) mass is 256 g/mol. The van der Waals surface area contributed by atoms with Crippen LogP contribution in [0.15, 0.2) is 16.6 Å². The minimum atomic E-state index is 0.422. The summed E-state index contributed by atoms with van der Waals surface area (Å²) in [5.74, 6) is 0.909. The van der Waals surface area contributed by atoms with E-state index in [0.29, 0.717) is 11.7 Å². The van der Waals surface area contributed by atoms with Crippen LogP contribution in [0.2, 0.25) is 0 Å². The van der Waals surface area contributed by atoms with Gasteiger partial charge in [0.05, 0.1) is 0 Å². The van der Waals surface area contributed by atoms with Crippen LogP contribution in [0.3, 0.4) is 0 Å². The molecule has 1 nitrogen and oxygen atoms in total. The third-order valence-corrected chi connectivity index (χ3v) is 3.41. The third kappa shape index (κ3) is 2.30. The molecule has 0 amide bonds. The molecular weight excluding hydrogens is 240 g/mol. The molecule has 0 fully saturated rings. The van der Waals surface area contributed by atoms with Gasteiger partial charge in [0.15, 0.2) is 0 Å². The number of benzene rings is 1. The van der Waals surface area contributed by atoms with E-state index in [0.717, 1.165) is 22.9 Å². The molecule has 0 saturated carbocycles. The average Bonchev–Trinajstić information content (AvgIpc) is 2.19. The molecule has 1 unspecified atom stereocenters. The molecule has 0 aliphatic carbocycles. The predicted molar refractivity (Wildman–Crippen MR) is 63.9 cm³/mol. The van der Waals surface area contributed by atoms with E-state index in [1.807, 2.05) is 19.1 Å². The van der Waals surface area contributed by atoms with E-state index in [2.05, 4.69) is 29.8 Å². The first kappa shape index (κ1) is 11.6. The molecule has 0 heterocycles. The Morgan fingerprint density at radius 1 is 1.36 bits per heavy atom. The first-order valence-electron chi connectivity index (χ1n) is 5.11. The van der Waals surface area contributed by atoms with Gasteiger partial charge in [-0.2, -0.15) is 0 Å². The molecule has 1 aromatic carbocycles. The van der Waals surface area contributed by atoms with Gasteiger partial charge in [-0.25, -0.2) is 0 Å². The van der Waals surface area contributed by atoms with Gasteiger partial charge in [0, 0.05) is 4.47 Å². The Kier molecular flexibility index (Phi) is 3.99. The van der Waals surface area contributed by atoms with Crippen molar-refractivity contribution < 1.29 is 5.11 Å². The molecule has 0 radical (unpaired) electrons. The van der Waals surface area contributed by atoms with Gasteiger partial charge < -0.3 is 5.11 Å². The van der Waals surface area contributed by atoms with Gasteiger partial charge >= 0.3 is 0 Å². The fourth-order valence-electron chi connectivity index (χ4n) is 1.50. The minimum Gasteiger partial charge on any atom is -0.508 e. The summed E-state index contributed by atoms with van der Waals surface area (Å²) in [6.07, 6.45) is 1.95. The Balaban J connectivity index is 3.14. The lowest BCUT2D eigenvalue weighted by Crippen LogP contribution is -1.94. The minimum absolute atomic E-state index is 0.422. The fraction of sp³-hybridized carbons (Fsp3) is 0.500. The maximum absolute atomic E-state index is 9.74. The van der Waals surface area contributed by atoms with Crippen LogP contribution < -0.4 is 0 Å². The molecule has 0 aliphatic heterocycles. The molecule has 2 heteroatoms. The zero-order chi connectivity index (χ0) is 10.7. The molecule has 0 saturated heterocycles. The van der Waals surface area contributed by atoms with Crippen molar-refractivity contribution >= 4 is 15.9 Å². The summed E-state index contributed by atoms with van der Waals surface area (Å²) in [7, 11) is 0. The normalized spacial score (nSPS) is 12.9. The molecule has 1 aromatic rings. The van der Waals surface area contributed by atoms with E-state index in [4.69, 9.17) is 0 Å². The van der Waals surface area contributed by atoms with Crippen LogP contribution >= 0.6 is 15.9 Å². The van der Waals surface area contributed by atoms with Crippen LogP contribution in [0.1, 0.15) is 44.2 Å². The van der Waals surface area contributed by atoms with Crippen LogP contribution in [0.25, 0.3) is 0 Å². The Morgan fingerprint density at radius 3 is 2.50 bits per heavy atom. The van der Waals surface area contributed by atoms with Crippen molar-refractivity contribution in [2.24, 2.45) is 0 Å². The van der Waals surface area contributed by atoms with E-state index in [-0.39, 0.29) is 0 Å². The van der Waals surface area contributed by atoms with E-state index in [1.165, 1.54) is 5.56 Å². The second-order valence-corrected chi connectivity index (χ2v) is 4.52. The highest BCUT2D eigenvalue weighted by atomic mass is 79.9. The van der Waals surface area contributed by atoms with Crippen molar-refractivity contribution in [3.63, 3.8) is 0 Å². The molecule has 78 valence electrons. The molecule has 1 atom stereocenters. The maximum Gasteiger partial charge on any atom is 0.119 e. The molecule has 1 N–H and O–H groups in total. The summed E-state index contributed by atoms with van der Waals surface area (Å²) in [5.41, 5.74) is 2.20. The largest absolute Gasteiger partial charge is 0.508 e. The summed E-state index contributed by atoms with van der Waals surface area (Å²) in [6, 6.07) is 3.91. The van der Waals surface area contributed by atoms with Gasteiger partial charge in [0.1, 0.15) is 5.75 Å². The van der Waals surface area contributed by atoms with Gasteiger partial charge in [0.25, 0.3) is 0 Å². The maximum atomic E-state index is 9.74. The number of hydrogen-bond donors (Lipinski definition) is 1. The molecule has 0 bridgehead atoms. The van der Waals surface area contributed by atoms with E-state index in [9.17, 15) is 5.11 Å². The van der Waals surface area contributed by atoms with Crippen LogP contribution in [-0.4, -0.2) is 5.11 Å². The second-order valence-electron chi connectivity index (χ2n) is 3.67. The van der Waals surface area contributed by atoms with Gasteiger partial charge in [-0.05, 0) is 42.0 Å². The first-order chi connectivity index (χ1) is 6.60. The van der Waals surface area contributed by atoms with Crippen LogP contribution in [-0.2, 0) is 6.42 Å². The summed E-state index contributed by atoms with van der Waals surface area (Å²) < 4.78 is 1.11. The lowest BCUT2D eigenvalue weighted by Gasteiger charge is -2.13. The highest BCUT2D eigenvalue weighted by Crippen LogP contribution is 2.32. The van der Waals surface area contributed by atoms with E-state index >= 15 is 0 Å². The standard InChI is InChI=1S/C12H17BrO/c1-4-8(3)10-7-12(14)9(5-2)6-11(10)13/h6-8,14H,4-5H2,1-3H3. The van der Waals surface area contributed by atoms with Crippen molar-refractivity contribution in [3.05, 3.63) is 27.7 Å². The first-order valence-corrected chi connectivity index (χ1v) is 5.90. The number of halogens is 1. The van der Waals surface area contributed by atoms with Crippen molar-refractivity contribution in [2.45, 2.75) is 39.5 Å².